The molecule has 4 heteroatoms. The number of hydrogen-bond acceptors (Lipinski definition) is 3. The number of methoxy groups -OCH3 is 1. The summed E-state index contributed by atoms with van der Waals surface area (Å²) in [5.41, 5.74) is 1.83. The van der Waals surface area contributed by atoms with Crippen molar-refractivity contribution in [2.24, 2.45) is 0 Å². The monoisotopic (exact) mass is 259 g/mol. The highest BCUT2D eigenvalue weighted by atomic mass is 35.5. The van der Waals surface area contributed by atoms with Gasteiger partial charge in [-0.3, -0.25) is 0 Å². The van der Waals surface area contributed by atoms with E-state index in [1.54, 1.807) is 31.4 Å². The molecule has 0 heterocycles. The molecule has 3 nitrogen and oxygen atoms in total. The van der Waals surface area contributed by atoms with Crippen LogP contribution in [0.25, 0.3) is 11.1 Å². The van der Waals surface area contributed by atoms with E-state index < -0.39 is 0 Å². The van der Waals surface area contributed by atoms with Gasteiger partial charge in [0.1, 0.15) is 17.6 Å². The van der Waals surface area contributed by atoms with Crippen LogP contribution in [0, 0.1) is 11.3 Å². The molecule has 0 aliphatic rings. The number of benzene rings is 2. The van der Waals surface area contributed by atoms with Crippen molar-refractivity contribution >= 4 is 11.6 Å². The van der Waals surface area contributed by atoms with Gasteiger partial charge in [0.2, 0.25) is 0 Å². The first kappa shape index (κ1) is 12.3. The molecule has 0 fully saturated rings. The predicted molar refractivity (Wildman–Crippen MR) is 69.8 cm³/mol. The van der Waals surface area contributed by atoms with Gasteiger partial charge < -0.3 is 9.84 Å². The molecule has 0 aliphatic carbocycles. The summed E-state index contributed by atoms with van der Waals surface area (Å²) in [6, 6.07) is 12.0. The van der Waals surface area contributed by atoms with E-state index in [-0.39, 0.29) is 11.3 Å². The van der Waals surface area contributed by atoms with E-state index in [1.807, 2.05) is 12.1 Å². The molecular formula is C14H10ClNO2. The number of phenols is 1. The molecule has 2 aromatic rings. The SMILES string of the molecule is COc1cc(Cl)ccc1-c1ccc(O)c(C#N)c1. The lowest BCUT2D eigenvalue weighted by molar-refractivity contribution is 0.416. The summed E-state index contributed by atoms with van der Waals surface area (Å²) in [6.07, 6.45) is 0. The zero-order valence-corrected chi connectivity index (χ0v) is 10.4. The molecule has 0 unspecified atom stereocenters. The summed E-state index contributed by atoms with van der Waals surface area (Å²) in [6.45, 7) is 0. The molecule has 0 spiro atoms. The van der Waals surface area contributed by atoms with Crippen molar-refractivity contribution in [2.75, 3.05) is 7.11 Å². The number of halogens is 1. The number of nitriles is 1. The van der Waals surface area contributed by atoms with Gasteiger partial charge in [0.05, 0.1) is 12.7 Å². The van der Waals surface area contributed by atoms with Gasteiger partial charge in [0, 0.05) is 10.6 Å². The maximum absolute atomic E-state index is 9.48. The molecule has 0 saturated carbocycles. The first-order chi connectivity index (χ1) is 8.65. The Bertz CT molecular complexity index is 632. The predicted octanol–water partition coefficient (Wildman–Crippen LogP) is 3.59. The third-order valence-corrected chi connectivity index (χ3v) is 2.83. The van der Waals surface area contributed by atoms with Crippen molar-refractivity contribution in [2.45, 2.75) is 0 Å². The van der Waals surface area contributed by atoms with Gasteiger partial charge in [-0.2, -0.15) is 5.26 Å². The van der Waals surface area contributed by atoms with Crippen molar-refractivity contribution in [1.29, 1.82) is 5.26 Å². The van der Waals surface area contributed by atoms with Crippen molar-refractivity contribution in [1.82, 2.24) is 0 Å². The van der Waals surface area contributed by atoms with Crippen LogP contribution in [0.4, 0.5) is 0 Å². The third kappa shape index (κ3) is 2.24. The highest BCUT2D eigenvalue weighted by molar-refractivity contribution is 6.30. The standard InChI is InChI=1S/C14H10ClNO2/c1-18-14-7-11(15)3-4-12(14)9-2-5-13(17)10(6-9)8-16/h2-7,17H,1H3. The van der Waals surface area contributed by atoms with Crippen molar-refractivity contribution in [3.63, 3.8) is 0 Å². The Morgan fingerprint density at radius 1 is 1.22 bits per heavy atom. The molecular weight excluding hydrogens is 250 g/mol. The molecule has 0 bridgehead atoms. The fourth-order valence-electron chi connectivity index (χ4n) is 1.70. The first-order valence-electron chi connectivity index (χ1n) is 5.22. The minimum absolute atomic E-state index is 0.0332. The van der Waals surface area contributed by atoms with E-state index >= 15 is 0 Å². The highest BCUT2D eigenvalue weighted by Crippen LogP contribution is 2.34. The fourth-order valence-corrected chi connectivity index (χ4v) is 1.86. The molecule has 0 saturated heterocycles. The quantitative estimate of drug-likeness (QED) is 0.897. The molecule has 2 rings (SSSR count). The zero-order chi connectivity index (χ0) is 13.1. The van der Waals surface area contributed by atoms with E-state index in [4.69, 9.17) is 21.6 Å². The number of aromatic hydroxyl groups is 1. The van der Waals surface area contributed by atoms with Crippen LogP contribution in [-0.2, 0) is 0 Å². The summed E-state index contributed by atoms with van der Waals surface area (Å²) >= 11 is 5.89. The molecule has 2 aromatic carbocycles. The molecule has 90 valence electrons. The Labute approximate surface area is 110 Å². The number of nitrogens with zero attached hydrogens (tertiary/aromatic N) is 1. The topological polar surface area (TPSA) is 53.2 Å². The van der Waals surface area contributed by atoms with Gasteiger partial charge >= 0.3 is 0 Å². The molecule has 0 radical (unpaired) electrons. The maximum Gasteiger partial charge on any atom is 0.133 e. The fraction of sp³-hybridized carbons (Fsp3) is 0.0714. The minimum Gasteiger partial charge on any atom is -0.507 e. The Balaban J connectivity index is 2.59. The summed E-state index contributed by atoms with van der Waals surface area (Å²) < 4.78 is 5.25. The van der Waals surface area contributed by atoms with Crippen LogP contribution in [0.1, 0.15) is 5.56 Å². The number of ether oxygens (including phenoxy) is 1. The van der Waals surface area contributed by atoms with Crippen LogP contribution in [0.15, 0.2) is 36.4 Å². The van der Waals surface area contributed by atoms with Crippen molar-refractivity contribution in [3.05, 3.63) is 47.0 Å². The summed E-state index contributed by atoms with van der Waals surface area (Å²) in [5.74, 6) is 0.589. The van der Waals surface area contributed by atoms with Crippen LogP contribution in [0.2, 0.25) is 5.02 Å². The number of hydrogen-bond donors (Lipinski definition) is 1. The van der Waals surface area contributed by atoms with Crippen LogP contribution in [0.3, 0.4) is 0 Å². The summed E-state index contributed by atoms with van der Waals surface area (Å²) in [4.78, 5) is 0. The first-order valence-corrected chi connectivity index (χ1v) is 5.60. The Hall–Kier alpha value is -2.18. The van der Waals surface area contributed by atoms with E-state index in [1.165, 1.54) is 6.07 Å². The second kappa shape index (κ2) is 4.99. The van der Waals surface area contributed by atoms with Gasteiger partial charge in [0.15, 0.2) is 0 Å². The Morgan fingerprint density at radius 2 is 2.00 bits per heavy atom. The number of rotatable bonds is 2. The van der Waals surface area contributed by atoms with Crippen LogP contribution < -0.4 is 4.74 Å². The molecule has 18 heavy (non-hydrogen) atoms. The van der Waals surface area contributed by atoms with E-state index in [2.05, 4.69) is 0 Å². The van der Waals surface area contributed by atoms with E-state index in [9.17, 15) is 5.11 Å². The number of phenolic OH excluding ortho intramolecular Hbond substituents is 1. The second-order valence-corrected chi connectivity index (χ2v) is 4.12. The van der Waals surface area contributed by atoms with Crippen LogP contribution in [0.5, 0.6) is 11.5 Å². The Morgan fingerprint density at radius 3 is 2.67 bits per heavy atom. The third-order valence-electron chi connectivity index (χ3n) is 2.59. The molecule has 0 atom stereocenters. The van der Waals surface area contributed by atoms with Gasteiger partial charge in [-0.25, -0.2) is 0 Å². The van der Waals surface area contributed by atoms with E-state index in [0.29, 0.717) is 10.8 Å². The average Bonchev–Trinajstić information content (AvgIpc) is 2.39. The highest BCUT2D eigenvalue weighted by Gasteiger charge is 2.09. The average molecular weight is 260 g/mol. The zero-order valence-electron chi connectivity index (χ0n) is 9.64. The van der Waals surface area contributed by atoms with Crippen molar-refractivity contribution in [3.8, 4) is 28.7 Å². The van der Waals surface area contributed by atoms with Crippen LogP contribution >= 0.6 is 11.6 Å². The summed E-state index contributed by atoms with van der Waals surface area (Å²) in [7, 11) is 1.56. The molecule has 0 aliphatic heterocycles. The lowest BCUT2D eigenvalue weighted by Crippen LogP contribution is -1.88. The Kier molecular flexibility index (Phi) is 3.40. The van der Waals surface area contributed by atoms with Gasteiger partial charge in [-0.15, -0.1) is 0 Å². The smallest absolute Gasteiger partial charge is 0.133 e. The van der Waals surface area contributed by atoms with Gasteiger partial charge in [-0.05, 0) is 35.9 Å². The van der Waals surface area contributed by atoms with Gasteiger partial charge in [0.25, 0.3) is 0 Å². The lowest BCUT2D eigenvalue weighted by atomic mass is 10.0. The van der Waals surface area contributed by atoms with Gasteiger partial charge in [-0.1, -0.05) is 17.7 Å². The molecule has 0 amide bonds. The van der Waals surface area contributed by atoms with E-state index in [0.717, 1.165) is 11.1 Å². The maximum atomic E-state index is 9.48. The molecule has 0 aromatic heterocycles. The minimum atomic E-state index is -0.0332. The molecule has 1 N–H and O–H groups in total. The van der Waals surface area contributed by atoms with Crippen LogP contribution in [-0.4, -0.2) is 12.2 Å². The van der Waals surface area contributed by atoms with Crippen molar-refractivity contribution < 1.29 is 9.84 Å². The summed E-state index contributed by atoms with van der Waals surface area (Å²) in [5, 5.41) is 19.0. The second-order valence-electron chi connectivity index (χ2n) is 3.69. The largest absolute Gasteiger partial charge is 0.507 e. The lowest BCUT2D eigenvalue weighted by Gasteiger charge is -2.09. The normalized spacial score (nSPS) is 9.83.